The summed E-state index contributed by atoms with van der Waals surface area (Å²) in [6.07, 6.45) is 6.40. The first-order chi connectivity index (χ1) is 27.7. The van der Waals surface area contributed by atoms with Crippen molar-refractivity contribution in [3.63, 3.8) is 0 Å². The van der Waals surface area contributed by atoms with E-state index in [2.05, 4.69) is 181 Å². The van der Waals surface area contributed by atoms with Crippen molar-refractivity contribution < 1.29 is 8.83 Å². The van der Waals surface area contributed by atoms with E-state index in [0.29, 0.717) is 0 Å². The van der Waals surface area contributed by atoms with Crippen LogP contribution in [0.2, 0.25) is 0 Å². The molecule has 12 rings (SSSR count). The van der Waals surface area contributed by atoms with Crippen LogP contribution in [-0.2, 0) is 6.42 Å². The number of para-hydroxylation sites is 1. The van der Waals surface area contributed by atoms with Crippen molar-refractivity contribution in [1.29, 1.82) is 0 Å². The van der Waals surface area contributed by atoms with Gasteiger partial charge < -0.3 is 13.7 Å². The van der Waals surface area contributed by atoms with E-state index in [1.54, 1.807) is 0 Å². The van der Waals surface area contributed by atoms with E-state index in [0.717, 1.165) is 79.7 Å². The quantitative estimate of drug-likeness (QED) is 0.176. The predicted molar refractivity (Wildman–Crippen MR) is 237 cm³/mol. The molecule has 0 atom stereocenters. The van der Waals surface area contributed by atoms with Crippen LogP contribution in [0.5, 0.6) is 0 Å². The molecule has 3 nitrogen and oxygen atoms in total. The molecule has 0 saturated heterocycles. The average molecular weight is 736 g/mol. The summed E-state index contributed by atoms with van der Waals surface area (Å²) in [5.41, 5.74) is 12.1. The van der Waals surface area contributed by atoms with Gasteiger partial charge in [0, 0.05) is 69.9 Å². The molecule has 0 bridgehead atoms. The maximum Gasteiger partial charge on any atom is 0.144 e. The van der Waals surface area contributed by atoms with Gasteiger partial charge in [-0.15, -0.1) is 11.3 Å². The van der Waals surface area contributed by atoms with Gasteiger partial charge in [0.05, 0.1) is 0 Å². The molecule has 0 radical (unpaired) electrons. The Morgan fingerprint density at radius 1 is 0.464 bits per heavy atom. The van der Waals surface area contributed by atoms with Crippen molar-refractivity contribution in [3.8, 4) is 22.3 Å². The monoisotopic (exact) mass is 735 g/mol. The van der Waals surface area contributed by atoms with Gasteiger partial charge in [0.15, 0.2) is 0 Å². The van der Waals surface area contributed by atoms with Crippen LogP contribution in [0, 0.1) is 0 Å². The molecule has 4 heteroatoms. The minimum absolute atomic E-state index is 0.953. The molecule has 1 aliphatic carbocycles. The molecule has 264 valence electrons. The normalized spacial score (nSPS) is 12.8. The summed E-state index contributed by atoms with van der Waals surface area (Å²) < 4.78 is 15.7. The molecular formula is C52H33NO2S. The number of hydrogen-bond acceptors (Lipinski definition) is 4. The first kappa shape index (κ1) is 31.5. The second-order valence-electron chi connectivity index (χ2n) is 14.7. The van der Waals surface area contributed by atoms with E-state index in [9.17, 15) is 0 Å². The van der Waals surface area contributed by atoms with E-state index in [1.165, 1.54) is 47.6 Å². The third-order valence-electron chi connectivity index (χ3n) is 11.5. The fourth-order valence-corrected chi connectivity index (χ4v) is 10.0. The van der Waals surface area contributed by atoms with Crippen LogP contribution in [0.15, 0.2) is 179 Å². The molecule has 8 aromatic carbocycles. The topological polar surface area (TPSA) is 29.5 Å². The van der Waals surface area contributed by atoms with Crippen LogP contribution < -0.4 is 4.90 Å². The number of nitrogens with zero attached hydrogens (tertiary/aromatic N) is 1. The van der Waals surface area contributed by atoms with E-state index in [4.69, 9.17) is 8.83 Å². The van der Waals surface area contributed by atoms with E-state index >= 15 is 0 Å². The van der Waals surface area contributed by atoms with Crippen molar-refractivity contribution in [2.75, 3.05) is 4.90 Å². The zero-order chi connectivity index (χ0) is 36.7. The molecule has 0 unspecified atom stereocenters. The molecule has 0 spiro atoms. The molecule has 0 N–H and O–H groups in total. The number of furan rings is 2. The van der Waals surface area contributed by atoms with Crippen LogP contribution in [0.3, 0.4) is 0 Å². The number of aryl methyl sites for hydroxylation is 1. The maximum atomic E-state index is 6.80. The highest BCUT2D eigenvalue weighted by atomic mass is 32.1. The molecule has 56 heavy (non-hydrogen) atoms. The van der Waals surface area contributed by atoms with E-state index < -0.39 is 0 Å². The van der Waals surface area contributed by atoms with Crippen molar-refractivity contribution >= 4 is 98.3 Å². The molecule has 3 heterocycles. The summed E-state index contributed by atoms with van der Waals surface area (Å²) in [4.78, 5) is 2.37. The molecule has 3 aromatic heterocycles. The number of hydrogen-bond donors (Lipinski definition) is 0. The summed E-state index contributed by atoms with van der Waals surface area (Å²) in [6.45, 7) is 0. The minimum atomic E-state index is 0.953. The SMILES string of the molecule is C1=Cc2oc3c(-c4ccc(N(c5cccc(-c6ccccc6)c5)c5ccc6c(c5)sc5ccc7c8ccc9ccccc9c8oc7c56)cc4)cccc3c2CC1. The van der Waals surface area contributed by atoms with Crippen molar-refractivity contribution in [1.82, 2.24) is 0 Å². The Labute approximate surface area is 327 Å². The zero-order valence-corrected chi connectivity index (χ0v) is 31.1. The molecule has 0 fully saturated rings. The largest absolute Gasteiger partial charge is 0.456 e. The number of fused-ring (bicyclic) bond motifs is 12. The molecule has 0 amide bonds. The lowest BCUT2D eigenvalue weighted by Gasteiger charge is -2.26. The maximum absolute atomic E-state index is 6.80. The van der Waals surface area contributed by atoms with E-state index in [-0.39, 0.29) is 0 Å². The number of anilines is 3. The van der Waals surface area contributed by atoms with Crippen LogP contribution >= 0.6 is 11.3 Å². The molecule has 11 aromatic rings. The fourth-order valence-electron chi connectivity index (χ4n) is 8.87. The lowest BCUT2D eigenvalue weighted by atomic mass is 9.97. The Bertz CT molecular complexity index is 3360. The van der Waals surface area contributed by atoms with Gasteiger partial charge in [0.25, 0.3) is 0 Å². The van der Waals surface area contributed by atoms with Gasteiger partial charge >= 0.3 is 0 Å². The molecular weight excluding hydrogens is 703 g/mol. The standard InChI is InChI=1S/C52H33NO2S/c1-2-10-32(11-3-1)35-13-8-14-37(30-35)53(36-23-20-34(21-24-36)40-17-9-18-42-41-16-6-7-19-46(41)54-50(40)42)38-25-27-45-48(31-38)56-47-29-28-44-43-26-22-33-12-4-5-15-39(33)51(43)55-52(44)49(45)47/h1-5,7-15,17-31H,6,16H2. The Hall–Kier alpha value is -6.88. The van der Waals surface area contributed by atoms with Gasteiger partial charge in [0.1, 0.15) is 22.5 Å². The number of rotatable bonds is 5. The lowest BCUT2D eigenvalue weighted by molar-refractivity contribution is 0.596. The average Bonchev–Trinajstić information content (AvgIpc) is 3.96. The van der Waals surface area contributed by atoms with Crippen molar-refractivity contribution in [2.45, 2.75) is 12.8 Å². The molecule has 1 aliphatic rings. The van der Waals surface area contributed by atoms with Crippen LogP contribution in [0.4, 0.5) is 17.1 Å². The van der Waals surface area contributed by atoms with Gasteiger partial charge in [-0.2, -0.15) is 0 Å². The van der Waals surface area contributed by atoms with Crippen LogP contribution in [-0.4, -0.2) is 0 Å². The third kappa shape index (κ3) is 4.83. The Morgan fingerprint density at radius 2 is 1.21 bits per heavy atom. The summed E-state index contributed by atoms with van der Waals surface area (Å²) in [5, 5.41) is 8.25. The Morgan fingerprint density at radius 3 is 2.14 bits per heavy atom. The van der Waals surface area contributed by atoms with Crippen molar-refractivity contribution in [3.05, 3.63) is 181 Å². The zero-order valence-electron chi connectivity index (χ0n) is 30.3. The highest BCUT2D eigenvalue weighted by molar-refractivity contribution is 7.26. The van der Waals surface area contributed by atoms with Crippen LogP contribution in [0.25, 0.3) is 92.2 Å². The van der Waals surface area contributed by atoms with Gasteiger partial charge in [0.2, 0.25) is 0 Å². The lowest BCUT2D eigenvalue weighted by Crippen LogP contribution is -2.09. The minimum Gasteiger partial charge on any atom is -0.456 e. The number of allylic oxidation sites excluding steroid dienone is 1. The van der Waals surface area contributed by atoms with E-state index in [1.807, 2.05) is 11.3 Å². The Balaban J connectivity index is 1.01. The summed E-state index contributed by atoms with van der Waals surface area (Å²) in [7, 11) is 0. The van der Waals surface area contributed by atoms with Crippen LogP contribution in [0.1, 0.15) is 17.7 Å². The number of thiophene rings is 1. The third-order valence-corrected chi connectivity index (χ3v) is 12.7. The first-order valence-corrected chi connectivity index (χ1v) is 20.0. The summed E-state index contributed by atoms with van der Waals surface area (Å²) in [5.74, 6) is 0.992. The predicted octanol–water partition coefficient (Wildman–Crippen LogP) is 15.6. The second kappa shape index (κ2) is 12.3. The highest BCUT2D eigenvalue weighted by Crippen LogP contribution is 2.46. The molecule has 0 aliphatic heterocycles. The van der Waals surface area contributed by atoms with Gasteiger partial charge in [-0.25, -0.2) is 0 Å². The number of benzene rings is 8. The van der Waals surface area contributed by atoms with Gasteiger partial charge in [-0.1, -0.05) is 115 Å². The van der Waals surface area contributed by atoms with Gasteiger partial charge in [-0.3, -0.25) is 0 Å². The fraction of sp³-hybridized carbons (Fsp3) is 0.0385. The summed E-state index contributed by atoms with van der Waals surface area (Å²) in [6, 6.07) is 59.2. The highest BCUT2D eigenvalue weighted by Gasteiger charge is 2.21. The Kier molecular flexibility index (Phi) is 6.92. The van der Waals surface area contributed by atoms with Crippen molar-refractivity contribution in [2.24, 2.45) is 0 Å². The van der Waals surface area contributed by atoms with Gasteiger partial charge in [-0.05, 0) is 95.6 Å². The first-order valence-electron chi connectivity index (χ1n) is 19.2. The summed E-state index contributed by atoms with van der Waals surface area (Å²) >= 11 is 1.82. The smallest absolute Gasteiger partial charge is 0.144 e. The second-order valence-corrected chi connectivity index (χ2v) is 15.8. The molecule has 0 saturated carbocycles.